The lowest BCUT2D eigenvalue weighted by Crippen LogP contribution is -2.26. The Morgan fingerprint density at radius 1 is 1.08 bits per heavy atom. The Kier molecular flexibility index (Phi) is 6.49. The summed E-state index contributed by atoms with van der Waals surface area (Å²) in [5.74, 6) is 0.725. The average Bonchev–Trinajstić information content (AvgIpc) is 3.45. The molecule has 0 radical (unpaired) electrons. The van der Waals surface area contributed by atoms with E-state index in [-0.39, 0.29) is 6.04 Å². The minimum atomic E-state index is -2.50. The van der Waals surface area contributed by atoms with Gasteiger partial charge in [-0.05, 0) is 43.4 Å². The van der Waals surface area contributed by atoms with Crippen molar-refractivity contribution >= 4 is 27.8 Å². The Bertz CT molecular complexity index is 1560. The summed E-state index contributed by atoms with van der Waals surface area (Å²) >= 11 is 0. The molecule has 0 saturated carbocycles. The highest BCUT2D eigenvalue weighted by Crippen LogP contribution is 2.42. The van der Waals surface area contributed by atoms with Gasteiger partial charge in [-0.1, -0.05) is 35.5 Å². The maximum Gasteiger partial charge on any atom is 0.255 e. The van der Waals surface area contributed by atoms with E-state index in [1.807, 2.05) is 26.1 Å². The number of anilines is 1. The normalized spacial score (nSPS) is 15.5. The lowest BCUT2D eigenvalue weighted by Gasteiger charge is -2.33. The van der Waals surface area contributed by atoms with E-state index in [1.54, 1.807) is 17.1 Å². The van der Waals surface area contributed by atoms with Crippen LogP contribution in [-0.2, 0) is 11.8 Å². The molecule has 1 saturated heterocycles. The summed E-state index contributed by atoms with van der Waals surface area (Å²) in [6.07, 6.45) is 2.81. The molecule has 0 amide bonds. The molecule has 6 rings (SSSR count). The number of fused-ring (bicyclic) bond motifs is 3. The van der Waals surface area contributed by atoms with E-state index in [4.69, 9.17) is 9.72 Å². The maximum absolute atomic E-state index is 13.2. The topological polar surface area (TPSA) is 82.7 Å². The molecule has 1 aromatic carbocycles. The zero-order chi connectivity index (χ0) is 26.2. The Morgan fingerprint density at radius 3 is 2.58 bits per heavy atom. The number of nitrogens with zero attached hydrogens (tertiary/aromatic N) is 6. The molecule has 38 heavy (non-hydrogen) atoms. The number of pyridine rings is 2. The second-order valence-corrected chi connectivity index (χ2v) is 9.74. The second kappa shape index (κ2) is 10.1. The highest BCUT2D eigenvalue weighted by atomic mass is 19.3. The summed E-state index contributed by atoms with van der Waals surface area (Å²) in [6.45, 7) is 2.85. The van der Waals surface area contributed by atoms with Crippen molar-refractivity contribution in [3.05, 3.63) is 66.1 Å². The van der Waals surface area contributed by atoms with Crippen LogP contribution in [0.25, 0.3) is 33.2 Å². The third kappa shape index (κ3) is 4.28. The van der Waals surface area contributed by atoms with E-state index in [1.165, 1.54) is 5.56 Å². The van der Waals surface area contributed by atoms with Crippen molar-refractivity contribution in [2.75, 3.05) is 25.1 Å². The van der Waals surface area contributed by atoms with Gasteiger partial charge in [-0.3, -0.25) is 4.98 Å². The molecule has 5 heterocycles. The highest BCUT2D eigenvalue weighted by molar-refractivity contribution is 6.11. The summed E-state index contributed by atoms with van der Waals surface area (Å²) in [4.78, 5) is 9.34. The van der Waals surface area contributed by atoms with Crippen molar-refractivity contribution in [2.45, 2.75) is 32.2 Å². The first-order chi connectivity index (χ1) is 18.5. The smallest absolute Gasteiger partial charge is 0.255 e. The number of hydrogen-bond donors (Lipinski definition) is 1. The van der Waals surface area contributed by atoms with Crippen LogP contribution in [0.4, 0.5) is 14.6 Å². The van der Waals surface area contributed by atoms with Crippen LogP contribution in [0.3, 0.4) is 0 Å². The van der Waals surface area contributed by atoms with Crippen molar-refractivity contribution in [2.24, 2.45) is 13.0 Å². The van der Waals surface area contributed by atoms with Gasteiger partial charge in [-0.2, -0.15) is 0 Å². The van der Waals surface area contributed by atoms with Crippen LogP contribution in [0.15, 0.2) is 54.9 Å². The fraction of sp³-hybridized carbons (Fsp3) is 0.357. The van der Waals surface area contributed by atoms with E-state index in [9.17, 15) is 8.78 Å². The molecule has 0 unspecified atom stereocenters. The largest absolute Gasteiger partial charge is 0.381 e. The van der Waals surface area contributed by atoms with Gasteiger partial charge in [0.05, 0.1) is 45.9 Å². The van der Waals surface area contributed by atoms with E-state index >= 15 is 0 Å². The fourth-order valence-electron chi connectivity index (χ4n) is 5.75. The number of hydrogen-bond acceptors (Lipinski definition) is 6. The Morgan fingerprint density at radius 2 is 1.87 bits per heavy atom. The molecule has 5 aromatic rings. The van der Waals surface area contributed by atoms with Crippen LogP contribution in [0, 0.1) is 12.8 Å². The molecule has 0 aliphatic carbocycles. The molecule has 196 valence electrons. The van der Waals surface area contributed by atoms with E-state index in [2.05, 4.69) is 55.5 Å². The third-order valence-corrected chi connectivity index (χ3v) is 7.38. The molecular formula is C28H29F2N7O. The van der Waals surface area contributed by atoms with Gasteiger partial charge in [0.25, 0.3) is 6.43 Å². The van der Waals surface area contributed by atoms with E-state index in [0.29, 0.717) is 24.9 Å². The third-order valence-electron chi connectivity index (χ3n) is 7.38. The highest BCUT2D eigenvalue weighted by Gasteiger charge is 2.31. The van der Waals surface area contributed by atoms with Crippen molar-refractivity contribution in [1.29, 1.82) is 0 Å². The lowest BCUT2D eigenvalue weighted by atomic mass is 9.86. The van der Waals surface area contributed by atoms with Crippen molar-refractivity contribution in [3.8, 4) is 11.3 Å². The Labute approximate surface area is 218 Å². The van der Waals surface area contributed by atoms with E-state index < -0.39 is 13.0 Å². The maximum atomic E-state index is 13.2. The number of aromatic nitrogens is 6. The van der Waals surface area contributed by atoms with Crippen LogP contribution < -0.4 is 5.32 Å². The first kappa shape index (κ1) is 24.4. The zero-order valence-corrected chi connectivity index (χ0v) is 21.3. The monoisotopic (exact) mass is 517 g/mol. The van der Waals surface area contributed by atoms with Crippen LogP contribution >= 0.6 is 0 Å². The molecule has 4 aromatic heterocycles. The molecule has 1 N–H and O–H groups in total. The minimum Gasteiger partial charge on any atom is -0.381 e. The lowest BCUT2D eigenvalue weighted by molar-refractivity contribution is 0.0553. The van der Waals surface area contributed by atoms with Gasteiger partial charge in [-0.25, -0.2) is 18.4 Å². The number of aryl methyl sites for hydroxylation is 2. The SMILES string of the molecule is Cc1nnn(C)c1-c1cnc2c3c(NCC(F)F)nccc3n([C@H](c3ccccc3)C3CCOCC3)c2c1. The second-order valence-electron chi connectivity index (χ2n) is 9.74. The van der Waals surface area contributed by atoms with Crippen molar-refractivity contribution in [1.82, 2.24) is 29.5 Å². The molecule has 1 aliphatic rings. The van der Waals surface area contributed by atoms with Crippen LogP contribution in [-0.4, -0.2) is 55.7 Å². The predicted octanol–water partition coefficient (Wildman–Crippen LogP) is 5.38. The average molecular weight is 518 g/mol. The van der Waals surface area contributed by atoms with Crippen LogP contribution in [0.2, 0.25) is 0 Å². The minimum absolute atomic E-state index is 0.00624. The van der Waals surface area contributed by atoms with Crippen molar-refractivity contribution < 1.29 is 13.5 Å². The predicted molar refractivity (Wildman–Crippen MR) is 142 cm³/mol. The Balaban J connectivity index is 1.66. The fourth-order valence-corrected chi connectivity index (χ4v) is 5.75. The molecule has 0 spiro atoms. The van der Waals surface area contributed by atoms with Gasteiger partial charge in [0.2, 0.25) is 0 Å². The van der Waals surface area contributed by atoms with Gasteiger partial charge in [0.1, 0.15) is 5.82 Å². The van der Waals surface area contributed by atoms with Crippen molar-refractivity contribution in [3.63, 3.8) is 0 Å². The summed E-state index contributed by atoms with van der Waals surface area (Å²) in [6, 6.07) is 14.5. The molecule has 1 fully saturated rings. The number of nitrogens with one attached hydrogen (secondary N) is 1. The molecule has 1 atom stereocenters. The summed E-state index contributed by atoms with van der Waals surface area (Å²) < 4.78 is 36.1. The van der Waals surface area contributed by atoms with Gasteiger partial charge >= 0.3 is 0 Å². The number of rotatable bonds is 7. The number of benzene rings is 1. The number of halogens is 2. The molecule has 8 nitrogen and oxygen atoms in total. The van der Waals surface area contributed by atoms with Crippen LogP contribution in [0.1, 0.15) is 30.1 Å². The van der Waals surface area contributed by atoms with Gasteiger partial charge in [0, 0.05) is 38.2 Å². The first-order valence-electron chi connectivity index (χ1n) is 12.8. The van der Waals surface area contributed by atoms with Gasteiger partial charge in [0.15, 0.2) is 0 Å². The molecule has 10 heteroatoms. The van der Waals surface area contributed by atoms with E-state index in [0.717, 1.165) is 51.7 Å². The zero-order valence-electron chi connectivity index (χ0n) is 21.3. The summed E-state index contributed by atoms with van der Waals surface area (Å²) in [5.41, 5.74) is 6.29. The Hall–Kier alpha value is -3.92. The van der Waals surface area contributed by atoms with Crippen LogP contribution in [0.5, 0.6) is 0 Å². The molecular weight excluding hydrogens is 488 g/mol. The standard InChI is InChI=1S/C28H29F2N7O/c1-17-26(36(2)35-34-17)20-14-22-25(32-15-20)24-21(8-11-31-28(24)33-16-23(29)30)37(22)27(18-6-4-3-5-7-18)19-9-12-38-13-10-19/h3-8,11,14-15,19,23,27H,9-10,12-13,16H2,1-2H3,(H,31,33)/t27-/m1/s1. The summed E-state index contributed by atoms with van der Waals surface area (Å²) in [5, 5.41) is 12.0. The quantitative estimate of drug-likeness (QED) is 0.312. The number of alkyl halides is 2. The molecule has 0 bridgehead atoms. The van der Waals surface area contributed by atoms with Gasteiger partial charge in [-0.15, -0.1) is 5.10 Å². The van der Waals surface area contributed by atoms with Gasteiger partial charge < -0.3 is 14.6 Å². The first-order valence-corrected chi connectivity index (χ1v) is 12.8. The number of ether oxygens (including phenoxy) is 1. The summed E-state index contributed by atoms with van der Waals surface area (Å²) in [7, 11) is 1.86. The molecule has 1 aliphatic heterocycles.